The molecule has 2 fully saturated rings. The van der Waals surface area contributed by atoms with Gasteiger partial charge in [0.05, 0.1) is 0 Å². The summed E-state index contributed by atoms with van der Waals surface area (Å²) in [5, 5.41) is 3.44. The van der Waals surface area contributed by atoms with Crippen LogP contribution in [0.4, 0.5) is 0 Å². The van der Waals surface area contributed by atoms with Gasteiger partial charge < -0.3 is 10.2 Å². The Bertz CT molecular complexity index is 245. The zero-order chi connectivity index (χ0) is 12.1. The number of nitrogens with zero attached hydrogens (tertiary/aromatic N) is 1. The van der Waals surface area contributed by atoms with Crippen LogP contribution in [0, 0.1) is 11.8 Å². The molecule has 3 heteroatoms. The Hall–Kier alpha value is -0.570. The van der Waals surface area contributed by atoms with Crippen molar-refractivity contribution in [3.8, 4) is 0 Å². The van der Waals surface area contributed by atoms with E-state index in [2.05, 4.69) is 17.1 Å². The summed E-state index contributed by atoms with van der Waals surface area (Å²) in [6.07, 6.45) is 7.14. The fourth-order valence-corrected chi connectivity index (χ4v) is 2.87. The van der Waals surface area contributed by atoms with Crippen molar-refractivity contribution in [1.82, 2.24) is 10.2 Å². The molecule has 0 aromatic rings. The summed E-state index contributed by atoms with van der Waals surface area (Å²) in [5.74, 6) is 1.47. The Labute approximate surface area is 105 Å². The van der Waals surface area contributed by atoms with E-state index in [0.29, 0.717) is 17.7 Å². The topological polar surface area (TPSA) is 32.3 Å². The number of amides is 1. The molecule has 0 bridgehead atoms. The minimum Gasteiger partial charge on any atom is -0.342 e. The normalized spacial score (nSPS) is 25.4. The first kappa shape index (κ1) is 12.9. The minimum atomic E-state index is 0.359. The van der Waals surface area contributed by atoms with Crippen LogP contribution in [0.1, 0.15) is 45.4 Å². The number of rotatable bonds is 5. The van der Waals surface area contributed by atoms with Gasteiger partial charge >= 0.3 is 0 Å². The third-order valence-electron chi connectivity index (χ3n) is 4.14. The fraction of sp³-hybridized carbons (Fsp3) is 0.929. The Morgan fingerprint density at radius 3 is 2.65 bits per heavy atom. The van der Waals surface area contributed by atoms with Crippen molar-refractivity contribution >= 4 is 5.91 Å². The minimum absolute atomic E-state index is 0.359. The molecule has 1 amide bonds. The molecule has 1 atom stereocenters. The summed E-state index contributed by atoms with van der Waals surface area (Å²) in [7, 11) is 0. The second-order valence-electron chi connectivity index (χ2n) is 5.62. The maximum absolute atomic E-state index is 12.3. The van der Waals surface area contributed by atoms with Gasteiger partial charge in [0.2, 0.25) is 5.91 Å². The van der Waals surface area contributed by atoms with Gasteiger partial charge in [0.15, 0.2) is 0 Å². The molecule has 1 aliphatic heterocycles. The Kier molecular flexibility index (Phi) is 4.84. The summed E-state index contributed by atoms with van der Waals surface area (Å²) in [6.45, 7) is 6.35. The highest BCUT2D eigenvalue weighted by Gasteiger charge is 2.30. The van der Waals surface area contributed by atoms with E-state index in [4.69, 9.17) is 0 Å². The molecule has 0 aromatic carbocycles. The van der Waals surface area contributed by atoms with Crippen LogP contribution in [0.5, 0.6) is 0 Å². The summed E-state index contributed by atoms with van der Waals surface area (Å²) in [6, 6.07) is 0. The first-order valence-electron chi connectivity index (χ1n) is 7.30. The van der Waals surface area contributed by atoms with Crippen molar-refractivity contribution in [2.75, 3.05) is 26.2 Å². The van der Waals surface area contributed by atoms with Gasteiger partial charge in [-0.15, -0.1) is 0 Å². The SMILES string of the molecule is CCCN(CC1CCCNC1)C(=O)C1CCC1. The standard InChI is InChI=1S/C14H26N2O/c1-2-9-16(14(17)13-6-3-7-13)11-12-5-4-8-15-10-12/h12-13,15H,2-11H2,1H3. The molecular weight excluding hydrogens is 212 g/mol. The van der Waals surface area contributed by atoms with Crippen LogP contribution in [0.15, 0.2) is 0 Å². The molecule has 1 saturated heterocycles. The van der Waals surface area contributed by atoms with Crippen molar-refractivity contribution in [2.45, 2.75) is 45.4 Å². The summed E-state index contributed by atoms with van der Waals surface area (Å²) < 4.78 is 0. The predicted molar refractivity (Wildman–Crippen MR) is 69.8 cm³/mol. The van der Waals surface area contributed by atoms with E-state index in [-0.39, 0.29) is 0 Å². The van der Waals surface area contributed by atoms with Crippen LogP contribution in [-0.2, 0) is 4.79 Å². The fourth-order valence-electron chi connectivity index (χ4n) is 2.87. The largest absolute Gasteiger partial charge is 0.342 e. The van der Waals surface area contributed by atoms with Crippen molar-refractivity contribution in [2.24, 2.45) is 11.8 Å². The third-order valence-corrected chi connectivity index (χ3v) is 4.14. The van der Waals surface area contributed by atoms with E-state index in [1.807, 2.05) is 0 Å². The van der Waals surface area contributed by atoms with E-state index in [0.717, 1.165) is 45.4 Å². The molecule has 0 spiro atoms. The lowest BCUT2D eigenvalue weighted by atomic mass is 9.84. The zero-order valence-corrected chi connectivity index (χ0v) is 11.1. The van der Waals surface area contributed by atoms with Crippen molar-refractivity contribution in [3.63, 3.8) is 0 Å². The van der Waals surface area contributed by atoms with Crippen LogP contribution in [0.25, 0.3) is 0 Å². The smallest absolute Gasteiger partial charge is 0.225 e. The maximum Gasteiger partial charge on any atom is 0.225 e. The lowest BCUT2D eigenvalue weighted by Gasteiger charge is -2.35. The highest BCUT2D eigenvalue weighted by molar-refractivity contribution is 5.79. The molecule has 1 aliphatic carbocycles. The molecule has 17 heavy (non-hydrogen) atoms. The van der Waals surface area contributed by atoms with E-state index >= 15 is 0 Å². The first-order chi connectivity index (χ1) is 8.31. The van der Waals surface area contributed by atoms with Crippen LogP contribution in [0.2, 0.25) is 0 Å². The van der Waals surface area contributed by atoms with Crippen LogP contribution >= 0.6 is 0 Å². The Morgan fingerprint density at radius 1 is 1.29 bits per heavy atom. The van der Waals surface area contributed by atoms with Gasteiger partial charge in [-0.25, -0.2) is 0 Å². The van der Waals surface area contributed by atoms with Gasteiger partial charge in [-0.3, -0.25) is 4.79 Å². The second-order valence-corrected chi connectivity index (χ2v) is 5.62. The molecule has 3 nitrogen and oxygen atoms in total. The molecule has 1 saturated carbocycles. The molecule has 1 heterocycles. The number of hydrogen-bond donors (Lipinski definition) is 1. The number of carbonyl (C=O) groups excluding carboxylic acids is 1. The Balaban J connectivity index is 1.84. The van der Waals surface area contributed by atoms with Crippen molar-refractivity contribution in [3.05, 3.63) is 0 Å². The van der Waals surface area contributed by atoms with Gasteiger partial charge in [0.25, 0.3) is 0 Å². The molecule has 98 valence electrons. The average molecular weight is 238 g/mol. The van der Waals surface area contributed by atoms with Crippen LogP contribution < -0.4 is 5.32 Å². The predicted octanol–water partition coefficient (Wildman–Crippen LogP) is 2.02. The lowest BCUT2D eigenvalue weighted by Crippen LogP contribution is -2.44. The van der Waals surface area contributed by atoms with Gasteiger partial charge in [-0.2, -0.15) is 0 Å². The van der Waals surface area contributed by atoms with Crippen molar-refractivity contribution in [1.29, 1.82) is 0 Å². The van der Waals surface area contributed by atoms with Gasteiger partial charge in [-0.1, -0.05) is 13.3 Å². The van der Waals surface area contributed by atoms with Gasteiger partial charge in [-0.05, 0) is 51.1 Å². The first-order valence-corrected chi connectivity index (χ1v) is 7.30. The number of piperidine rings is 1. The molecule has 1 N–H and O–H groups in total. The summed E-state index contributed by atoms with van der Waals surface area (Å²) in [5.41, 5.74) is 0. The third kappa shape index (κ3) is 3.44. The highest BCUT2D eigenvalue weighted by atomic mass is 16.2. The van der Waals surface area contributed by atoms with Crippen molar-refractivity contribution < 1.29 is 4.79 Å². The molecular formula is C14H26N2O. The maximum atomic E-state index is 12.3. The number of hydrogen-bond acceptors (Lipinski definition) is 2. The zero-order valence-electron chi connectivity index (χ0n) is 11.1. The number of carbonyl (C=O) groups is 1. The van der Waals surface area contributed by atoms with Gasteiger partial charge in [0, 0.05) is 19.0 Å². The lowest BCUT2D eigenvalue weighted by molar-refractivity contribution is -0.139. The average Bonchev–Trinajstić information content (AvgIpc) is 2.27. The molecule has 2 aliphatic rings. The number of nitrogens with one attached hydrogen (secondary N) is 1. The van der Waals surface area contributed by atoms with E-state index in [9.17, 15) is 4.79 Å². The molecule has 2 rings (SSSR count). The quantitative estimate of drug-likeness (QED) is 0.795. The second kappa shape index (κ2) is 6.39. The monoisotopic (exact) mass is 238 g/mol. The van der Waals surface area contributed by atoms with E-state index in [1.54, 1.807) is 0 Å². The summed E-state index contributed by atoms with van der Waals surface area (Å²) >= 11 is 0. The van der Waals surface area contributed by atoms with E-state index in [1.165, 1.54) is 19.3 Å². The molecule has 1 unspecified atom stereocenters. The summed E-state index contributed by atoms with van der Waals surface area (Å²) in [4.78, 5) is 14.4. The molecule has 0 aromatic heterocycles. The highest BCUT2D eigenvalue weighted by Crippen LogP contribution is 2.28. The van der Waals surface area contributed by atoms with Crippen LogP contribution in [-0.4, -0.2) is 37.0 Å². The van der Waals surface area contributed by atoms with Crippen LogP contribution in [0.3, 0.4) is 0 Å². The van der Waals surface area contributed by atoms with Gasteiger partial charge in [0.1, 0.15) is 0 Å². The Morgan fingerprint density at radius 2 is 2.12 bits per heavy atom. The molecule has 0 radical (unpaired) electrons. The van der Waals surface area contributed by atoms with E-state index < -0.39 is 0 Å².